The van der Waals surface area contributed by atoms with Gasteiger partial charge in [0.15, 0.2) is 0 Å². The fourth-order valence-electron chi connectivity index (χ4n) is 2.09. The fourth-order valence-corrected chi connectivity index (χ4v) is 2.09. The van der Waals surface area contributed by atoms with E-state index >= 15 is 0 Å². The molecule has 2 aromatic rings. The number of phenolic OH excluding ortho intramolecular Hbond substituents is 2. The Kier molecular flexibility index (Phi) is 3.76. The molecule has 1 aromatic carbocycles. The van der Waals surface area contributed by atoms with Gasteiger partial charge in [0.1, 0.15) is 11.5 Å². The first-order valence-corrected chi connectivity index (χ1v) is 6.21. The Morgan fingerprint density at radius 1 is 1.37 bits per heavy atom. The molecule has 1 atom stereocenters. The second-order valence-electron chi connectivity index (χ2n) is 4.76. The SMILES string of the molecule is Cc1nn(C)cc1CNC(C)c1ccc(O)cc1O. The van der Waals surface area contributed by atoms with E-state index in [1.54, 1.807) is 16.8 Å². The number of benzene rings is 1. The molecule has 0 aliphatic rings. The van der Waals surface area contributed by atoms with Crippen molar-refractivity contribution < 1.29 is 10.2 Å². The van der Waals surface area contributed by atoms with Crippen LogP contribution in [0.25, 0.3) is 0 Å². The molecule has 5 heteroatoms. The normalized spacial score (nSPS) is 12.6. The van der Waals surface area contributed by atoms with Crippen molar-refractivity contribution in [2.45, 2.75) is 26.4 Å². The molecule has 1 aromatic heterocycles. The Bertz CT molecular complexity index is 578. The van der Waals surface area contributed by atoms with Crippen LogP contribution in [-0.4, -0.2) is 20.0 Å². The van der Waals surface area contributed by atoms with E-state index in [1.165, 1.54) is 6.07 Å². The highest BCUT2D eigenvalue weighted by atomic mass is 16.3. The largest absolute Gasteiger partial charge is 0.508 e. The molecule has 19 heavy (non-hydrogen) atoms. The Labute approximate surface area is 112 Å². The van der Waals surface area contributed by atoms with Crippen molar-refractivity contribution in [1.82, 2.24) is 15.1 Å². The van der Waals surface area contributed by atoms with E-state index < -0.39 is 0 Å². The van der Waals surface area contributed by atoms with Gasteiger partial charge in [0.05, 0.1) is 5.69 Å². The van der Waals surface area contributed by atoms with Crippen LogP contribution in [0.4, 0.5) is 0 Å². The minimum Gasteiger partial charge on any atom is -0.508 e. The minimum atomic E-state index is -0.0137. The van der Waals surface area contributed by atoms with Crippen LogP contribution in [0.15, 0.2) is 24.4 Å². The van der Waals surface area contributed by atoms with Gasteiger partial charge >= 0.3 is 0 Å². The lowest BCUT2D eigenvalue weighted by atomic mass is 10.1. The highest BCUT2D eigenvalue weighted by Crippen LogP contribution is 2.27. The van der Waals surface area contributed by atoms with E-state index in [-0.39, 0.29) is 17.5 Å². The van der Waals surface area contributed by atoms with Crippen LogP contribution in [0.2, 0.25) is 0 Å². The van der Waals surface area contributed by atoms with E-state index in [1.807, 2.05) is 27.1 Å². The summed E-state index contributed by atoms with van der Waals surface area (Å²) in [4.78, 5) is 0. The molecule has 0 bridgehead atoms. The van der Waals surface area contributed by atoms with Crippen LogP contribution in [0.5, 0.6) is 11.5 Å². The zero-order valence-electron chi connectivity index (χ0n) is 11.4. The summed E-state index contributed by atoms with van der Waals surface area (Å²) >= 11 is 0. The summed E-state index contributed by atoms with van der Waals surface area (Å²) in [6.45, 7) is 4.62. The Hall–Kier alpha value is -2.01. The third kappa shape index (κ3) is 3.06. The van der Waals surface area contributed by atoms with Gasteiger partial charge in [-0.2, -0.15) is 5.10 Å². The smallest absolute Gasteiger partial charge is 0.124 e. The first kappa shape index (κ1) is 13.4. The van der Waals surface area contributed by atoms with E-state index in [0.29, 0.717) is 6.54 Å². The van der Waals surface area contributed by atoms with E-state index in [0.717, 1.165) is 16.8 Å². The Morgan fingerprint density at radius 2 is 2.11 bits per heavy atom. The molecule has 3 N–H and O–H groups in total. The van der Waals surface area contributed by atoms with Crippen LogP contribution in [0.1, 0.15) is 29.8 Å². The predicted octanol–water partition coefficient (Wildman–Crippen LogP) is 1.99. The lowest BCUT2D eigenvalue weighted by Gasteiger charge is -2.15. The van der Waals surface area contributed by atoms with Gasteiger partial charge in [-0.15, -0.1) is 0 Å². The zero-order valence-corrected chi connectivity index (χ0v) is 11.4. The molecule has 0 aliphatic heterocycles. The van der Waals surface area contributed by atoms with Crippen molar-refractivity contribution >= 4 is 0 Å². The average Bonchev–Trinajstić information content (AvgIpc) is 2.65. The summed E-state index contributed by atoms with van der Waals surface area (Å²) in [6.07, 6.45) is 1.98. The van der Waals surface area contributed by atoms with E-state index in [2.05, 4.69) is 10.4 Å². The number of aryl methyl sites for hydroxylation is 2. The second kappa shape index (κ2) is 5.32. The summed E-state index contributed by atoms with van der Waals surface area (Å²) in [5.41, 5.74) is 2.89. The van der Waals surface area contributed by atoms with Crippen molar-refractivity contribution in [3.8, 4) is 11.5 Å². The Balaban J connectivity index is 2.05. The summed E-state index contributed by atoms with van der Waals surface area (Å²) < 4.78 is 1.79. The molecule has 0 fully saturated rings. The number of phenols is 2. The molecule has 0 saturated carbocycles. The van der Waals surface area contributed by atoms with E-state index in [9.17, 15) is 10.2 Å². The van der Waals surface area contributed by atoms with Crippen molar-refractivity contribution in [3.05, 3.63) is 41.2 Å². The first-order chi connectivity index (χ1) is 8.97. The number of aromatic nitrogens is 2. The molecule has 0 spiro atoms. The molecule has 0 amide bonds. The van der Waals surface area contributed by atoms with Gasteiger partial charge in [-0.05, 0) is 19.9 Å². The summed E-state index contributed by atoms with van der Waals surface area (Å²) in [5.74, 6) is 0.166. The summed E-state index contributed by atoms with van der Waals surface area (Å²) in [7, 11) is 1.89. The number of nitrogens with zero attached hydrogens (tertiary/aromatic N) is 2. The number of hydrogen-bond donors (Lipinski definition) is 3. The zero-order chi connectivity index (χ0) is 14.0. The van der Waals surface area contributed by atoms with Crippen molar-refractivity contribution in [2.75, 3.05) is 0 Å². The molecule has 0 radical (unpaired) electrons. The quantitative estimate of drug-likeness (QED) is 0.787. The first-order valence-electron chi connectivity index (χ1n) is 6.21. The van der Waals surface area contributed by atoms with Crippen LogP contribution >= 0.6 is 0 Å². The van der Waals surface area contributed by atoms with Gasteiger partial charge in [-0.3, -0.25) is 4.68 Å². The molecule has 0 aliphatic carbocycles. The third-order valence-electron chi connectivity index (χ3n) is 3.19. The maximum absolute atomic E-state index is 9.80. The predicted molar refractivity (Wildman–Crippen MR) is 73.0 cm³/mol. The maximum Gasteiger partial charge on any atom is 0.124 e. The molecule has 0 saturated heterocycles. The van der Waals surface area contributed by atoms with Crippen molar-refractivity contribution in [2.24, 2.45) is 7.05 Å². The molecule has 2 rings (SSSR count). The lowest BCUT2D eigenvalue weighted by Crippen LogP contribution is -2.18. The second-order valence-corrected chi connectivity index (χ2v) is 4.76. The molecular weight excluding hydrogens is 242 g/mol. The van der Waals surface area contributed by atoms with E-state index in [4.69, 9.17) is 0 Å². The topological polar surface area (TPSA) is 70.3 Å². The van der Waals surface area contributed by atoms with Crippen molar-refractivity contribution in [1.29, 1.82) is 0 Å². The van der Waals surface area contributed by atoms with Gasteiger partial charge in [0, 0.05) is 43.0 Å². The van der Waals surface area contributed by atoms with Crippen molar-refractivity contribution in [3.63, 3.8) is 0 Å². The minimum absolute atomic E-state index is 0.0137. The van der Waals surface area contributed by atoms with Crippen LogP contribution in [0.3, 0.4) is 0 Å². The monoisotopic (exact) mass is 261 g/mol. The lowest BCUT2D eigenvalue weighted by molar-refractivity contribution is 0.436. The van der Waals surface area contributed by atoms with Crippen LogP contribution in [-0.2, 0) is 13.6 Å². The third-order valence-corrected chi connectivity index (χ3v) is 3.19. The number of nitrogens with one attached hydrogen (secondary N) is 1. The number of hydrogen-bond acceptors (Lipinski definition) is 4. The Morgan fingerprint density at radius 3 is 2.68 bits per heavy atom. The van der Waals surface area contributed by atoms with Gasteiger partial charge < -0.3 is 15.5 Å². The van der Waals surface area contributed by atoms with Gasteiger partial charge in [-0.25, -0.2) is 0 Å². The van der Waals surface area contributed by atoms with Gasteiger partial charge in [0.25, 0.3) is 0 Å². The average molecular weight is 261 g/mol. The maximum atomic E-state index is 9.80. The molecule has 1 unspecified atom stereocenters. The summed E-state index contributed by atoms with van der Waals surface area (Å²) in [6, 6.07) is 4.63. The van der Waals surface area contributed by atoms with Crippen LogP contribution in [0, 0.1) is 6.92 Å². The molecular formula is C14H19N3O2. The van der Waals surface area contributed by atoms with Gasteiger partial charge in [0.2, 0.25) is 0 Å². The standard InChI is InChI=1S/C14H19N3O2/c1-9-11(8-17(3)16-9)7-15-10(2)13-5-4-12(18)6-14(13)19/h4-6,8,10,15,18-19H,7H2,1-3H3. The van der Waals surface area contributed by atoms with Gasteiger partial charge in [-0.1, -0.05) is 6.07 Å². The van der Waals surface area contributed by atoms with Crippen LogP contribution < -0.4 is 5.32 Å². The highest BCUT2D eigenvalue weighted by molar-refractivity contribution is 5.40. The molecule has 102 valence electrons. The fraction of sp³-hybridized carbons (Fsp3) is 0.357. The summed E-state index contributed by atoms with van der Waals surface area (Å²) in [5, 5.41) is 26.7. The number of aromatic hydroxyl groups is 2. The molecule has 5 nitrogen and oxygen atoms in total. The number of rotatable bonds is 4. The molecule has 1 heterocycles. The highest BCUT2D eigenvalue weighted by Gasteiger charge is 2.11.